The summed E-state index contributed by atoms with van der Waals surface area (Å²) >= 11 is 0. The molecule has 4 nitrogen and oxygen atoms in total. The summed E-state index contributed by atoms with van der Waals surface area (Å²) in [5, 5.41) is 3.46. The number of nitrogens with one attached hydrogen (secondary N) is 1. The number of aryl methyl sites for hydroxylation is 1. The molecule has 17 heavy (non-hydrogen) atoms. The number of nitrogens with zero attached hydrogens (tertiary/aromatic N) is 3. The average molecular weight is 236 g/mol. The smallest absolute Gasteiger partial charge is 0.142 e. The molecule has 0 spiro atoms. The van der Waals surface area contributed by atoms with Crippen LogP contribution in [0.2, 0.25) is 0 Å². The zero-order chi connectivity index (χ0) is 12.8. The molecular formula is C13H24N4. The van der Waals surface area contributed by atoms with E-state index in [4.69, 9.17) is 0 Å². The SMILES string of the molecule is CCCNC(C)c1cnc(CN(C)C)nc1C. The van der Waals surface area contributed by atoms with Crippen LogP contribution in [0.3, 0.4) is 0 Å². The van der Waals surface area contributed by atoms with Crippen LogP contribution in [0.15, 0.2) is 6.20 Å². The van der Waals surface area contributed by atoms with Crippen LogP contribution in [0.5, 0.6) is 0 Å². The summed E-state index contributed by atoms with van der Waals surface area (Å²) in [4.78, 5) is 11.0. The normalized spacial score (nSPS) is 13.1. The van der Waals surface area contributed by atoms with Crippen molar-refractivity contribution in [2.75, 3.05) is 20.6 Å². The second-order valence-corrected chi connectivity index (χ2v) is 4.74. The molecule has 0 saturated heterocycles. The largest absolute Gasteiger partial charge is 0.310 e. The summed E-state index contributed by atoms with van der Waals surface area (Å²) < 4.78 is 0. The fraction of sp³-hybridized carbons (Fsp3) is 0.692. The predicted octanol–water partition coefficient (Wildman–Crippen LogP) is 1.91. The van der Waals surface area contributed by atoms with Crippen molar-refractivity contribution in [3.8, 4) is 0 Å². The monoisotopic (exact) mass is 236 g/mol. The van der Waals surface area contributed by atoms with Crippen LogP contribution in [-0.2, 0) is 6.54 Å². The molecule has 0 amide bonds. The van der Waals surface area contributed by atoms with Crippen molar-refractivity contribution in [3.63, 3.8) is 0 Å². The maximum atomic E-state index is 4.55. The highest BCUT2D eigenvalue weighted by atomic mass is 15.1. The lowest BCUT2D eigenvalue weighted by molar-refractivity contribution is 0.389. The van der Waals surface area contributed by atoms with Gasteiger partial charge in [0.05, 0.1) is 6.54 Å². The van der Waals surface area contributed by atoms with E-state index in [9.17, 15) is 0 Å². The van der Waals surface area contributed by atoms with Crippen LogP contribution in [0.25, 0.3) is 0 Å². The predicted molar refractivity (Wildman–Crippen MR) is 70.9 cm³/mol. The van der Waals surface area contributed by atoms with E-state index in [0.717, 1.165) is 31.0 Å². The van der Waals surface area contributed by atoms with Gasteiger partial charge in [-0.15, -0.1) is 0 Å². The van der Waals surface area contributed by atoms with Crippen molar-refractivity contribution >= 4 is 0 Å². The summed E-state index contributed by atoms with van der Waals surface area (Å²) in [5.74, 6) is 0.888. The standard InChI is InChI=1S/C13H24N4/c1-6-7-14-10(2)12-8-15-13(9-17(4)5)16-11(12)3/h8,10,14H,6-7,9H2,1-5H3. The molecule has 0 aliphatic carbocycles. The number of hydrogen-bond donors (Lipinski definition) is 1. The van der Waals surface area contributed by atoms with E-state index in [1.807, 2.05) is 20.3 Å². The van der Waals surface area contributed by atoms with E-state index < -0.39 is 0 Å². The molecule has 1 heterocycles. The van der Waals surface area contributed by atoms with Crippen LogP contribution >= 0.6 is 0 Å². The third kappa shape index (κ3) is 4.40. The first kappa shape index (κ1) is 14.1. The third-order valence-electron chi connectivity index (χ3n) is 2.69. The lowest BCUT2D eigenvalue weighted by atomic mass is 10.1. The van der Waals surface area contributed by atoms with Gasteiger partial charge in [0.15, 0.2) is 0 Å². The number of hydrogen-bond acceptors (Lipinski definition) is 4. The Labute approximate surface area is 104 Å². The highest BCUT2D eigenvalue weighted by molar-refractivity contribution is 5.19. The van der Waals surface area contributed by atoms with Crippen LogP contribution < -0.4 is 5.32 Å². The maximum absolute atomic E-state index is 4.55. The van der Waals surface area contributed by atoms with Crippen LogP contribution in [-0.4, -0.2) is 35.5 Å². The van der Waals surface area contributed by atoms with Gasteiger partial charge in [0.25, 0.3) is 0 Å². The van der Waals surface area contributed by atoms with Gasteiger partial charge in [0, 0.05) is 23.5 Å². The second-order valence-electron chi connectivity index (χ2n) is 4.74. The van der Waals surface area contributed by atoms with Crippen LogP contribution in [0, 0.1) is 6.92 Å². The van der Waals surface area contributed by atoms with Crippen molar-refractivity contribution < 1.29 is 0 Å². The van der Waals surface area contributed by atoms with Gasteiger partial charge in [0.1, 0.15) is 5.82 Å². The second kappa shape index (κ2) is 6.67. The summed E-state index contributed by atoms with van der Waals surface area (Å²) in [6.07, 6.45) is 3.09. The van der Waals surface area contributed by atoms with Gasteiger partial charge >= 0.3 is 0 Å². The Bertz CT molecular complexity index is 349. The van der Waals surface area contributed by atoms with Gasteiger partial charge in [-0.1, -0.05) is 6.92 Å². The fourth-order valence-electron chi connectivity index (χ4n) is 1.78. The van der Waals surface area contributed by atoms with Gasteiger partial charge in [-0.25, -0.2) is 9.97 Å². The van der Waals surface area contributed by atoms with Gasteiger partial charge in [-0.05, 0) is 40.9 Å². The quantitative estimate of drug-likeness (QED) is 0.819. The highest BCUT2D eigenvalue weighted by Gasteiger charge is 2.10. The fourth-order valence-corrected chi connectivity index (χ4v) is 1.78. The first-order chi connectivity index (χ1) is 8.04. The topological polar surface area (TPSA) is 41.1 Å². The Kier molecular flexibility index (Phi) is 5.51. The van der Waals surface area contributed by atoms with Crippen molar-refractivity contribution in [3.05, 3.63) is 23.3 Å². The first-order valence-corrected chi connectivity index (χ1v) is 6.25. The van der Waals surface area contributed by atoms with E-state index >= 15 is 0 Å². The average Bonchev–Trinajstić information content (AvgIpc) is 2.25. The molecule has 0 radical (unpaired) electrons. The van der Waals surface area contributed by atoms with Crippen molar-refractivity contribution in [2.24, 2.45) is 0 Å². The Morgan fingerprint density at radius 1 is 1.41 bits per heavy atom. The zero-order valence-electron chi connectivity index (χ0n) is 11.6. The molecule has 0 bridgehead atoms. The minimum atomic E-state index is 0.323. The molecule has 1 aromatic heterocycles. The van der Waals surface area contributed by atoms with Crippen molar-refractivity contribution in [1.29, 1.82) is 0 Å². The maximum Gasteiger partial charge on any atom is 0.142 e. The van der Waals surface area contributed by atoms with Gasteiger partial charge < -0.3 is 10.2 Å². The molecule has 96 valence electrons. The minimum Gasteiger partial charge on any atom is -0.310 e. The van der Waals surface area contributed by atoms with E-state index in [2.05, 4.69) is 41.0 Å². The van der Waals surface area contributed by atoms with Crippen LogP contribution in [0.4, 0.5) is 0 Å². The lowest BCUT2D eigenvalue weighted by Gasteiger charge is -2.16. The molecule has 4 heteroatoms. The Hall–Kier alpha value is -1.00. The summed E-state index contributed by atoms with van der Waals surface area (Å²) in [6.45, 7) is 8.20. The van der Waals surface area contributed by atoms with Crippen LogP contribution in [0.1, 0.15) is 43.4 Å². The number of rotatable bonds is 6. The van der Waals surface area contributed by atoms with Gasteiger partial charge in [-0.2, -0.15) is 0 Å². The molecule has 1 rings (SSSR count). The molecule has 0 saturated carbocycles. The molecule has 1 atom stereocenters. The molecule has 0 aliphatic heterocycles. The Balaban J connectivity index is 2.74. The molecular weight excluding hydrogens is 212 g/mol. The number of aromatic nitrogens is 2. The third-order valence-corrected chi connectivity index (χ3v) is 2.69. The van der Waals surface area contributed by atoms with Crippen molar-refractivity contribution in [2.45, 2.75) is 39.8 Å². The molecule has 1 unspecified atom stereocenters. The van der Waals surface area contributed by atoms with E-state index in [-0.39, 0.29) is 0 Å². The molecule has 0 fully saturated rings. The summed E-state index contributed by atoms with van der Waals surface area (Å²) in [5.41, 5.74) is 2.27. The Morgan fingerprint density at radius 2 is 2.12 bits per heavy atom. The van der Waals surface area contributed by atoms with Crippen molar-refractivity contribution in [1.82, 2.24) is 20.2 Å². The molecule has 0 aromatic carbocycles. The van der Waals surface area contributed by atoms with E-state index in [1.54, 1.807) is 0 Å². The summed E-state index contributed by atoms with van der Waals surface area (Å²) in [7, 11) is 4.05. The summed E-state index contributed by atoms with van der Waals surface area (Å²) in [6, 6.07) is 0.323. The van der Waals surface area contributed by atoms with E-state index in [0.29, 0.717) is 6.04 Å². The van der Waals surface area contributed by atoms with Gasteiger partial charge in [-0.3, -0.25) is 0 Å². The van der Waals surface area contributed by atoms with Gasteiger partial charge in [0.2, 0.25) is 0 Å². The van der Waals surface area contributed by atoms with E-state index in [1.165, 1.54) is 5.56 Å². The minimum absolute atomic E-state index is 0.323. The first-order valence-electron chi connectivity index (χ1n) is 6.25. The highest BCUT2D eigenvalue weighted by Crippen LogP contribution is 2.14. The lowest BCUT2D eigenvalue weighted by Crippen LogP contribution is -2.21. The Morgan fingerprint density at radius 3 is 2.65 bits per heavy atom. The molecule has 1 N–H and O–H groups in total. The molecule has 1 aromatic rings. The molecule has 0 aliphatic rings. The zero-order valence-corrected chi connectivity index (χ0v) is 11.6.